The summed E-state index contributed by atoms with van der Waals surface area (Å²) in [7, 11) is 0. The minimum Gasteiger partial charge on any atom is -0.488 e. The number of para-hydroxylation sites is 1. The quantitative estimate of drug-likeness (QED) is 0.587. The van der Waals surface area contributed by atoms with E-state index in [2.05, 4.69) is 26.5 Å². The Kier molecular flexibility index (Phi) is 6.11. The molecule has 24 heavy (non-hydrogen) atoms. The molecular weight excluding hydrogens is 372 g/mol. The summed E-state index contributed by atoms with van der Waals surface area (Å²) < 4.78 is 6.82. The second-order valence-electron chi connectivity index (χ2n) is 5.71. The van der Waals surface area contributed by atoms with Crippen molar-refractivity contribution in [3.8, 4) is 5.75 Å². The molecule has 0 atom stereocenters. The molecule has 2 aromatic carbocycles. The molecule has 0 bridgehead atoms. The number of hydrazone groups is 1. The van der Waals surface area contributed by atoms with Gasteiger partial charge in [-0.05, 0) is 43.7 Å². The van der Waals surface area contributed by atoms with Crippen molar-refractivity contribution in [2.45, 2.75) is 26.1 Å². The molecule has 0 aromatic heterocycles. The van der Waals surface area contributed by atoms with Gasteiger partial charge in [0, 0.05) is 10.0 Å². The van der Waals surface area contributed by atoms with Gasteiger partial charge in [0.1, 0.15) is 18.0 Å². The molecule has 0 aliphatic heterocycles. The van der Waals surface area contributed by atoms with Crippen LogP contribution in [-0.4, -0.2) is 22.8 Å². The minimum atomic E-state index is -1.48. The first-order valence-corrected chi connectivity index (χ1v) is 8.18. The summed E-state index contributed by atoms with van der Waals surface area (Å²) in [6.07, 6.45) is 1.49. The lowest BCUT2D eigenvalue weighted by atomic mass is 10.1. The summed E-state index contributed by atoms with van der Waals surface area (Å²) in [5, 5.41) is 13.4. The van der Waals surface area contributed by atoms with Crippen LogP contribution in [0.3, 0.4) is 0 Å². The van der Waals surface area contributed by atoms with Crippen LogP contribution in [-0.2, 0) is 11.4 Å². The van der Waals surface area contributed by atoms with Crippen LogP contribution in [0.2, 0.25) is 0 Å². The number of rotatable bonds is 6. The molecule has 0 radical (unpaired) electrons. The van der Waals surface area contributed by atoms with E-state index in [4.69, 9.17) is 4.74 Å². The number of ether oxygens (including phenoxy) is 1. The van der Waals surface area contributed by atoms with E-state index in [1.54, 1.807) is 0 Å². The maximum atomic E-state index is 11.6. The van der Waals surface area contributed by atoms with Gasteiger partial charge in [-0.1, -0.05) is 40.2 Å². The van der Waals surface area contributed by atoms with Crippen molar-refractivity contribution in [1.29, 1.82) is 0 Å². The maximum absolute atomic E-state index is 11.6. The maximum Gasteiger partial charge on any atom is 0.271 e. The van der Waals surface area contributed by atoms with Crippen molar-refractivity contribution in [2.24, 2.45) is 5.10 Å². The number of hydrogen-bond donors (Lipinski definition) is 2. The average Bonchev–Trinajstić information content (AvgIpc) is 2.53. The lowest BCUT2D eigenvalue weighted by Gasteiger charge is -2.13. The van der Waals surface area contributed by atoms with Gasteiger partial charge in [-0.3, -0.25) is 4.79 Å². The van der Waals surface area contributed by atoms with Crippen molar-refractivity contribution in [3.63, 3.8) is 0 Å². The normalized spacial score (nSPS) is 11.5. The first-order valence-electron chi connectivity index (χ1n) is 7.38. The molecule has 0 unspecified atom stereocenters. The van der Waals surface area contributed by atoms with E-state index in [1.165, 1.54) is 20.1 Å². The first kappa shape index (κ1) is 18.2. The van der Waals surface area contributed by atoms with Crippen LogP contribution in [0.15, 0.2) is 58.1 Å². The monoisotopic (exact) mass is 390 g/mol. The summed E-state index contributed by atoms with van der Waals surface area (Å²) in [6, 6.07) is 15.2. The Morgan fingerprint density at radius 1 is 1.29 bits per heavy atom. The molecule has 0 aliphatic rings. The molecule has 0 spiro atoms. The van der Waals surface area contributed by atoms with Gasteiger partial charge >= 0.3 is 0 Å². The third-order valence-electron chi connectivity index (χ3n) is 3.13. The second kappa shape index (κ2) is 8.08. The van der Waals surface area contributed by atoms with Crippen molar-refractivity contribution < 1.29 is 14.6 Å². The van der Waals surface area contributed by atoms with Crippen LogP contribution >= 0.6 is 15.9 Å². The number of carbonyl (C=O) groups excluding carboxylic acids is 1. The minimum absolute atomic E-state index is 0.417. The van der Waals surface area contributed by atoms with E-state index in [9.17, 15) is 9.90 Å². The standard InChI is InChI=1S/C18H19BrN2O3/c1-18(2,23)17(22)21-20-11-14-7-3-4-9-16(14)24-12-13-6-5-8-15(19)10-13/h3-11,23H,12H2,1-2H3,(H,21,22). The SMILES string of the molecule is CC(C)(O)C(=O)NN=Cc1ccccc1OCc1cccc(Br)c1. The molecule has 0 heterocycles. The van der Waals surface area contributed by atoms with E-state index in [0.29, 0.717) is 12.4 Å². The Morgan fingerprint density at radius 2 is 2.04 bits per heavy atom. The molecule has 2 rings (SSSR count). The molecule has 0 saturated carbocycles. The van der Waals surface area contributed by atoms with E-state index >= 15 is 0 Å². The molecule has 126 valence electrons. The highest BCUT2D eigenvalue weighted by molar-refractivity contribution is 9.10. The van der Waals surface area contributed by atoms with Gasteiger partial charge in [-0.15, -0.1) is 0 Å². The highest BCUT2D eigenvalue weighted by Gasteiger charge is 2.22. The van der Waals surface area contributed by atoms with Crippen LogP contribution < -0.4 is 10.2 Å². The van der Waals surface area contributed by atoms with Crippen LogP contribution in [0, 0.1) is 0 Å². The number of halogens is 1. The number of nitrogens with one attached hydrogen (secondary N) is 1. The summed E-state index contributed by atoms with van der Waals surface area (Å²) in [5.41, 5.74) is 2.58. The van der Waals surface area contributed by atoms with Crippen LogP contribution in [0.4, 0.5) is 0 Å². The number of hydrogen-bond acceptors (Lipinski definition) is 4. The number of benzene rings is 2. The third-order valence-corrected chi connectivity index (χ3v) is 3.62. The zero-order chi connectivity index (χ0) is 17.6. The highest BCUT2D eigenvalue weighted by atomic mass is 79.9. The van der Waals surface area contributed by atoms with E-state index in [-0.39, 0.29) is 0 Å². The van der Waals surface area contributed by atoms with Gasteiger partial charge < -0.3 is 9.84 Å². The molecule has 5 nitrogen and oxygen atoms in total. The predicted molar refractivity (Wildman–Crippen MR) is 97.0 cm³/mol. The van der Waals surface area contributed by atoms with Crippen LogP contribution in [0.25, 0.3) is 0 Å². The largest absolute Gasteiger partial charge is 0.488 e. The van der Waals surface area contributed by atoms with Crippen molar-refractivity contribution in [3.05, 3.63) is 64.1 Å². The Morgan fingerprint density at radius 3 is 2.75 bits per heavy atom. The molecule has 1 amide bonds. The lowest BCUT2D eigenvalue weighted by molar-refractivity contribution is -0.136. The topological polar surface area (TPSA) is 70.9 Å². The summed E-state index contributed by atoms with van der Waals surface area (Å²) in [4.78, 5) is 11.6. The zero-order valence-electron chi connectivity index (χ0n) is 13.5. The molecule has 0 aliphatic carbocycles. The highest BCUT2D eigenvalue weighted by Crippen LogP contribution is 2.19. The lowest BCUT2D eigenvalue weighted by Crippen LogP contribution is -2.39. The van der Waals surface area contributed by atoms with E-state index < -0.39 is 11.5 Å². The van der Waals surface area contributed by atoms with Crippen molar-refractivity contribution in [2.75, 3.05) is 0 Å². The summed E-state index contributed by atoms with van der Waals surface area (Å²) in [6.45, 7) is 3.21. The Bertz CT molecular complexity index is 739. The molecule has 0 fully saturated rings. The van der Waals surface area contributed by atoms with Gasteiger partial charge in [0.05, 0.1) is 6.21 Å². The fraction of sp³-hybridized carbons (Fsp3) is 0.222. The van der Waals surface area contributed by atoms with Crippen LogP contribution in [0.5, 0.6) is 5.75 Å². The number of amides is 1. The van der Waals surface area contributed by atoms with E-state index in [0.717, 1.165) is 15.6 Å². The van der Waals surface area contributed by atoms with E-state index in [1.807, 2.05) is 48.5 Å². The van der Waals surface area contributed by atoms with Gasteiger partial charge in [0.2, 0.25) is 0 Å². The zero-order valence-corrected chi connectivity index (χ0v) is 15.1. The summed E-state index contributed by atoms with van der Waals surface area (Å²) >= 11 is 3.43. The molecule has 6 heteroatoms. The Labute approximate surface area is 149 Å². The number of nitrogens with zero attached hydrogens (tertiary/aromatic N) is 1. The van der Waals surface area contributed by atoms with Gasteiger partial charge in [-0.25, -0.2) is 5.43 Å². The first-order chi connectivity index (χ1) is 11.4. The van der Waals surface area contributed by atoms with Crippen molar-refractivity contribution >= 4 is 28.1 Å². The fourth-order valence-electron chi connectivity index (χ4n) is 1.80. The molecule has 0 saturated heterocycles. The van der Waals surface area contributed by atoms with Gasteiger partial charge in [-0.2, -0.15) is 5.10 Å². The Balaban J connectivity index is 2.03. The smallest absolute Gasteiger partial charge is 0.271 e. The second-order valence-corrected chi connectivity index (χ2v) is 6.63. The molecule has 2 aromatic rings. The summed E-state index contributed by atoms with van der Waals surface area (Å²) in [5.74, 6) is 0.0741. The van der Waals surface area contributed by atoms with Crippen molar-refractivity contribution in [1.82, 2.24) is 5.43 Å². The van der Waals surface area contributed by atoms with Crippen LogP contribution in [0.1, 0.15) is 25.0 Å². The fourth-order valence-corrected chi connectivity index (χ4v) is 2.25. The predicted octanol–water partition coefficient (Wildman–Crippen LogP) is 3.25. The number of aliphatic hydroxyl groups is 1. The molecule has 2 N–H and O–H groups in total. The molecular formula is C18H19BrN2O3. The van der Waals surface area contributed by atoms with Gasteiger partial charge in [0.25, 0.3) is 5.91 Å². The van der Waals surface area contributed by atoms with Gasteiger partial charge in [0.15, 0.2) is 0 Å². The average molecular weight is 391 g/mol. The third kappa shape index (κ3) is 5.47. The Hall–Kier alpha value is -2.18. The number of carbonyl (C=O) groups is 1.